The molecule has 0 amide bonds. The molecule has 1 saturated heterocycles. The molecule has 0 radical (unpaired) electrons. The SMILES string of the molecule is CNc1nc(Nc2ccc(C3CCOCC3)c(NC)c2C=N)ncc1C(F)(F)F. The Morgan fingerprint density at radius 2 is 1.90 bits per heavy atom. The summed E-state index contributed by atoms with van der Waals surface area (Å²) in [5.74, 6) is 0.00236. The van der Waals surface area contributed by atoms with Crippen molar-refractivity contribution in [1.29, 1.82) is 5.41 Å². The molecule has 1 aromatic carbocycles. The van der Waals surface area contributed by atoms with Gasteiger partial charge in [-0.2, -0.15) is 18.2 Å². The molecule has 4 N–H and O–H groups in total. The fraction of sp³-hybridized carbons (Fsp3) is 0.421. The Bertz CT molecular complexity index is 881. The first-order valence-electron chi connectivity index (χ1n) is 9.21. The molecule has 0 bridgehead atoms. The number of anilines is 4. The second-order valence-corrected chi connectivity index (χ2v) is 6.60. The van der Waals surface area contributed by atoms with Crippen molar-refractivity contribution in [2.24, 2.45) is 0 Å². The maximum absolute atomic E-state index is 13.0. The van der Waals surface area contributed by atoms with Crippen LogP contribution >= 0.6 is 0 Å². The number of benzene rings is 1. The first-order valence-corrected chi connectivity index (χ1v) is 9.21. The van der Waals surface area contributed by atoms with Crippen LogP contribution in [-0.2, 0) is 10.9 Å². The minimum atomic E-state index is -4.55. The summed E-state index contributed by atoms with van der Waals surface area (Å²) in [6.07, 6.45) is -0.818. The Balaban J connectivity index is 1.96. The van der Waals surface area contributed by atoms with Gasteiger partial charge in [0.15, 0.2) is 0 Å². The van der Waals surface area contributed by atoms with Crippen LogP contribution in [0.25, 0.3) is 0 Å². The van der Waals surface area contributed by atoms with Crippen LogP contribution < -0.4 is 16.0 Å². The molecule has 2 aromatic rings. The lowest BCUT2D eigenvalue weighted by Crippen LogP contribution is -2.16. The Hall–Kier alpha value is -2.88. The number of alkyl halides is 3. The molecule has 2 heterocycles. The van der Waals surface area contributed by atoms with Gasteiger partial charge in [0.2, 0.25) is 5.95 Å². The molecule has 7 nitrogen and oxygen atoms in total. The predicted molar refractivity (Wildman–Crippen MR) is 107 cm³/mol. The van der Waals surface area contributed by atoms with Crippen LogP contribution in [0.3, 0.4) is 0 Å². The summed E-state index contributed by atoms with van der Waals surface area (Å²) in [5.41, 5.74) is 2.07. The van der Waals surface area contributed by atoms with Crippen molar-refractivity contribution in [3.63, 3.8) is 0 Å². The molecule has 0 unspecified atom stereocenters. The van der Waals surface area contributed by atoms with Gasteiger partial charge in [-0.3, -0.25) is 0 Å². The summed E-state index contributed by atoms with van der Waals surface area (Å²) < 4.78 is 44.6. The second kappa shape index (κ2) is 8.64. The number of hydrogen-bond acceptors (Lipinski definition) is 7. The lowest BCUT2D eigenvalue weighted by atomic mass is 9.88. The van der Waals surface area contributed by atoms with Gasteiger partial charge in [-0.25, -0.2) is 4.98 Å². The monoisotopic (exact) mass is 408 g/mol. The number of ether oxygens (including phenoxy) is 1. The third-order valence-electron chi connectivity index (χ3n) is 4.91. The average Bonchev–Trinajstić information content (AvgIpc) is 2.73. The van der Waals surface area contributed by atoms with E-state index < -0.39 is 11.7 Å². The molecule has 1 fully saturated rings. The summed E-state index contributed by atoms with van der Waals surface area (Å²) in [7, 11) is 3.15. The lowest BCUT2D eigenvalue weighted by molar-refractivity contribution is -0.137. The van der Waals surface area contributed by atoms with Gasteiger partial charge < -0.3 is 26.1 Å². The van der Waals surface area contributed by atoms with Crippen molar-refractivity contribution >= 4 is 29.4 Å². The van der Waals surface area contributed by atoms with Gasteiger partial charge in [-0.15, -0.1) is 0 Å². The van der Waals surface area contributed by atoms with E-state index in [2.05, 4.69) is 25.9 Å². The second-order valence-electron chi connectivity index (χ2n) is 6.60. The van der Waals surface area contributed by atoms with E-state index in [0.717, 1.165) is 30.3 Å². The molecule has 0 atom stereocenters. The van der Waals surface area contributed by atoms with E-state index in [1.54, 1.807) is 13.1 Å². The fourth-order valence-electron chi connectivity index (χ4n) is 3.48. The molecule has 1 aliphatic heterocycles. The topological polar surface area (TPSA) is 95.0 Å². The minimum Gasteiger partial charge on any atom is -0.387 e. The van der Waals surface area contributed by atoms with E-state index >= 15 is 0 Å². The summed E-state index contributed by atoms with van der Waals surface area (Å²) in [4.78, 5) is 7.73. The highest BCUT2D eigenvalue weighted by Gasteiger charge is 2.35. The largest absolute Gasteiger partial charge is 0.421 e. The Labute approximate surface area is 166 Å². The number of nitrogens with zero attached hydrogens (tertiary/aromatic N) is 2. The van der Waals surface area contributed by atoms with Gasteiger partial charge >= 0.3 is 6.18 Å². The Morgan fingerprint density at radius 1 is 1.17 bits per heavy atom. The fourth-order valence-corrected chi connectivity index (χ4v) is 3.48. The smallest absolute Gasteiger partial charge is 0.387 e. The van der Waals surface area contributed by atoms with Crippen LogP contribution in [0.1, 0.15) is 35.4 Å². The summed E-state index contributed by atoms with van der Waals surface area (Å²) in [6.45, 7) is 1.39. The molecule has 10 heteroatoms. The molecular weight excluding hydrogens is 385 g/mol. The predicted octanol–water partition coefficient (Wildman–Crippen LogP) is 4.21. The number of halogens is 3. The van der Waals surface area contributed by atoms with Gasteiger partial charge in [-0.1, -0.05) is 6.07 Å². The average molecular weight is 408 g/mol. The van der Waals surface area contributed by atoms with Crippen molar-refractivity contribution in [3.8, 4) is 0 Å². The standard InChI is InChI=1S/C19H23F3N6O/c1-24-16-12(11-5-7-29-8-6-11)3-4-15(13(16)9-23)27-18-26-10-14(19(20,21)22)17(25-2)28-18/h3-4,9-11,23-24H,5-8H2,1-2H3,(H2,25,26,27,28). The molecule has 29 heavy (non-hydrogen) atoms. The van der Waals surface area contributed by atoms with Crippen LogP contribution in [0.4, 0.5) is 36.3 Å². The van der Waals surface area contributed by atoms with Gasteiger partial charge in [-0.05, 0) is 30.4 Å². The summed E-state index contributed by atoms with van der Waals surface area (Å²) in [5, 5.41) is 16.4. The van der Waals surface area contributed by atoms with Gasteiger partial charge in [0.25, 0.3) is 0 Å². The van der Waals surface area contributed by atoms with Crippen molar-refractivity contribution in [2.45, 2.75) is 24.9 Å². The first-order chi connectivity index (χ1) is 13.9. The maximum atomic E-state index is 13.0. The summed E-state index contributed by atoms with van der Waals surface area (Å²) >= 11 is 0. The van der Waals surface area contributed by atoms with Crippen LogP contribution in [0.2, 0.25) is 0 Å². The van der Waals surface area contributed by atoms with Crippen LogP contribution in [0.15, 0.2) is 18.3 Å². The zero-order chi connectivity index (χ0) is 21.0. The molecule has 156 valence electrons. The number of hydrogen-bond donors (Lipinski definition) is 4. The molecule has 1 aromatic heterocycles. The third-order valence-corrected chi connectivity index (χ3v) is 4.91. The molecule has 0 spiro atoms. The Morgan fingerprint density at radius 3 is 2.48 bits per heavy atom. The van der Waals surface area contributed by atoms with E-state index in [0.29, 0.717) is 30.4 Å². The summed E-state index contributed by atoms with van der Waals surface area (Å²) in [6, 6.07) is 3.76. The van der Waals surface area contributed by atoms with Gasteiger partial charge in [0.05, 0.1) is 5.69 Å². The Kier molecular flexibility index (Phi) is 6.21. The normalized spacial score (nSPS) is 15.1. The lowest BCUT2D eigenvalue weighted by Gasteiger charge is -2.26. The van der Waals surface area contributed by atoms with E-state index in [1.165, 1.54) is 13.3 Å². The molecular formula is C19H23F3N6O. The van der Waals surface area contributed by atoms with Gasteiger partial charge in [0.1, 0.15) is 11.4 Å². The number of aromatic nitrogens is 2. The number of nitrogens with one attached hydrogen (secondary N) is 4. The molecule has 0 saturated carbocycles. The van der Waals surface area contributed by atoms with Crippen LogP contribution in [0, 0.1) is 5.41 Å². The van der Waals surface area contributed by atoms with Crippen molar-refractivity contribution in [1.82, 2.24) is 9.97 Å². The van der Waals surface area contributed by atoms with Crippen molar-refractivity contribution in [3.05, 3.63) is 35.0 Å². The van der Waals surface area contributed by atoms with E-state index in [9.17, 15) is 13.2 Å². The molecule has 1 aliphatic rings. The quantitative estimate of drug-likeness (QED) is 0.535. The molecule has 3 rings (SSSR count). The van der Waals surface area contributed by atoms with Crippen molar-refractivity contribution < 1.29 is 17.9 Å². The maximum Gasteiger partial charge on any atom is 0.421 e. The third kappa shape index (κ3) is 4.42. The highest BCUT2D eigenvalue weighted by Crippen LogP contribution is 2.38. The van der Waals surface area contributed by atoms with Crippen LogP contribution in [0.5, 0.6) is 0 Å². The number of rotatable bonds is 6. The zero-order valence-electron chi connectivity index (χ0n) is 16.2. The van der Waals surface area contributed by atoms with E-state index in [-0.39, 0.29) is 11.8 Å². The van der Waals surface area contributed by atoms with E-state index in [4.69, 9.17) is 10.1 Å². The van der Waals surface area contributed by atoms with Gasteiger partial charge in [0, 0.05) is 51.0 Å². The first kappa shape index (κ1) is 20.8. The van der Waals surface area contributed by atoms with Crippen LogP contribution in [-0.4, -0.2) is 43.5 Å². The highest BCUT2D eigenvalue weighted by atomic mass is 19.4. The highest BCUT2D eigenvalue weighted by molar-refractivity contribution is 5.95. The molecule has 0 aliphatic carbocycles. The zero-order valence-corrected chi connectivity index (χ0v) is 16.2. The van der Waals surface area contributed by atoms with E-state index in [1.807, 2.05) is 6.07 Å². The minimum absolute atomic E-state index is 0.00585. The van der Waals surface area contributed by atoms with Crippen molar-refractivity contribution in [2.75, 3.05) is 43.3 Å².